The average Bonchev–Trinajstić information content (AvgIpc) is 1.97. The summed E-state index contributed by atoms with van der Waals surface area (Å²) in [5, 5.41) is 18.8. The van der Waals surface area contributed by atoms with Gasteiger partial charge in [0, 0.05) is 5.92 Å². The third kappa shape index (κ3) is 1.55. The first kappa shape index (κ1) is 8.97. The second-order valence-electron chi connectivity index (χ2n) is 3.39. The van der Waals surface area contributed by atoms with Gasteiger partial charge in [-0.1, -0.05) is 6.92 Å². The number of hydrogen-bond donors (Lipinski definition) is 2. The van der Waals surface area contributed by atoms with E-state index in [0.29, 0.717) is 0 Å². The number of aliphatic hydroxyl groups excluding tert-OH is 2. The van der Waals surface area contributed by atoms with Gasteiger partial charge in [-0.3, -0.25) is 0 Å². The van der Waals surface area contributed by atoms with Crippen molar-refractivity contribution in [1.29, 1.82) is 0 Å². The smallest absolute Gasteiger partial charge is 0.106 e. The Kier molecular flexibility index (Phi) is 2.52. The van der Waals surface area contributed by atoms with E-state index in [2.05, 4.69) is 0 Å². The predicted octanol–water partition coefficient (Wildman–Crippen LogP) is 0.152. The summed E-state index contributed by atoms with van der Waals surface area (Å²) in [6.45, 7) is 5.57. The van der Waals surface area contributed by atoms with E-state index in [9.17, 15) is 10.2 Å². The molecule has 0 spiro atoms. The van der Waals surface area contributed by atoms with Gasteiger partial charge in [0.2, 0.25) is 0 Å². The maximum absolute atomic E-state index is 9.46. The van der Waals surface area contributed by atoms with Gasteiger partial charge in [0.25, 0.3) is 0 Å². The molecular formula is C8H16O3. The Bertz CT molecular complexity index is 123. The fourth-order valence-corrected chi connectivity index (χ4v) is 1.41. The van der Waals surface area contributed by atoms with Crippen LogP contribution in [0, 0.1) is 5.92 Å². The van der Waals surface area contributed by atoms with Crippen molar-refractivity contribution in [2.45, 2.75) is 45.2 Å². The maximum Gasteiger partial charge on any atom is 0.106 e. The molecule has 0 aromatic rings. The van der Waals surface area contributed by atoms with Gasteiger partial charge in [0.1, 0.15) is 6.10 Å². The fourth-order valence-electron chi connectivity index (χ4n) is 1.41. The molecule has 0 aromatic carbocycles. The van der Waals surface area contributed by atoms with Crippen LogP contribution in [0.5, 0.6) is 0 Å². The summed E-state index contributed by atoms with van der Waals surface area (Å²) >= 11 is 0. The Balaban J connectivity index is 2.63. The molecule has 1 heterocycles. The molecule has 66 valence electrons. The molecule has 0 amide bonds. The van der Waals surface area contributed by atoms with Crippen molar-refractivity contribution in [3.05, 3.63) is 0 Å². The van der Waals surface area contributed by atoms with Gasteiger partial charge in [-0.25, -0.2) is 0 Å². The number of ether oxygens (including phenoxy) is 1. The highest BCUT2D eigenvalue weighted by Crippen LogP contribution is 2.24. The van der Waals surface area contributed by atoms with Crippen molar-refractivity contribution < 1.29 is 14.9 Å². The molecule has 0 saturated carbocycles. The van der Waals surface area contributed by atoms with Crippen molar-refractivity contribution in [3.8, 4) is 0 Å². The van der Waals surface area contributed by atoms with E-state index in [0.717, 1.165) is 0 Å². The number of aliphatic hydroxyl groups is 2. The zero-order valence-corrected chi connectivity index (χ0v) is 7.19. The van der Waals surface area contributed by atoms with Gasteiger partial charge in [-0.2, -0.15) is 0 Å². The zero-order valence-electron chi connectivity index (χ0n) is 7.19. The molecule has 1 saturated heterocycles. The van der Waals surface area contributed by atoms with Crippen LogP contribution < -0.4 is 0 Å². The van der Waals surface area contributed by atoms with Crippen molar-refractivity contribution >= 4 is 0 Å². The maximum atomic E-state index is 9.46. The molecule has 3 heteroatoms. The minimum Gasteiger partial charge on any atom is -0.390 e. The van der Waals surface area contributed by atoms with Gasteiger partial charge in [0.05, 0.1) is 18.3 Å². The first-order chi connectivity index (χ1) is 5.04. The molecule has 1 aliphatic rings. The van der Waals surface area contributed by atoms with E-state index >= 15 is 0 Å². The third-order valence-electron chi connectivity index (χ3n) is 2.54. The lowest BCUT2D eigenvalue weighted by Gasteiger charge is -2.38. The van der Waals surface area contributed by atoms with Crippen LogP contribution in [-0.4, -0.2) is 34.6 Å². The summed E-state index contributed by atoms with van der Waals surface area (Å²) < 4.78 is 5.37. The molecular weight excluding hydrogens is 144 g/mol. The monoisotopic (exact) mass is 160 g/mol. The molecule has 0 bridgehead atoms. The van der Waals surface area contributed by atoms with Gasteiger partial charge >= 0.3 is 0 Å². The van der Waals surface area contributed by atoms with Crippen molar-refractivity contribution in [3.63, 3.8) is 0 Å². The molecule has 2 N–H and O–H groups in total. The number of hydrogen-bond acceptors (Lipinski definition) is 3. The quantitative estimate of drug-likeness (QED) is 0.530. The van der Waals surface area contributed by atoms with E-state index in [1.165, 1.54) is 0 Å². The first-order valence-electron chi connectivity index (χ1n) is 4.05. The van der Waals surface area contributed by atoms with Gasteiger partial charge in [0.15, 0.2) is 0 Å². The summed E-state index contributed by atoms with van der Waals surface area (Å²) in [6.07, 6.45) is -1.60. The molecule has 0 aliphatic carbocycles. The molecule has 1 fully saturated rings. The highest BCUT2D eigenvalue weighted by Gasteiger charge is 2.37. The molecule has 2 unspecified atom stereocenters. The molecule has 5 atom stereocenters. The molecule has 0 aromatic heterocycles. The molecule has 3 nitrogen and oxygen atoms in total. The fraction of sp³-hybridized carbons (Fsp3) is 1.00. The van der Waals surface area contributed by atoms with E-state index in [4.69, 9.17) is 4.74 Å². The zero-order chi connectivity index (χ0) is 8.59. The largest absolute Gasteiger partial charge is 0.390 e. The van der Waals surface area contributed by atoms with Crippen LogP contribution in [0.15, 0.2) is 0 Å². The second-order valence-corrected chi connectivity index (χ2v) is 3.39. The van der Waals surface area contributed by atoms with Gasteiger partial charge < -0.3 is 14.9 Å². The Labute approximate surface area is 67.0 Å². The van der Waals surface area contributed by atoms with Gasteiger partial charge in [-0.05, 0) is 13.8 Å². The van der Waals surface area contributed by atoms with Crippen molar-refractivity contribution in [1.82, 2.24) is 0 Å². The first-order valence-corrected chi connectivity index (χ1v) is 4.05. The van der Waals surface area contributed by atoms with Crippen LogP contribution in [0.25, 0.3) is 0 Å². The van der Waals surface area contributed by atoms with E-state index in [1.807, 2.05) is 13.8 Å². The molecule has 1 aliphatic heterocycles. The summed E-state index contributed by atoms with van der Waals surface area (Å²) in [5.41, 5.74) is 0. The van der Waals surface area contributed by atoms with Crippen LogP contribution >= 0.6 is 0 Å². The third-order valence-corrected chi connectivity index (χ3v) is 2.54. The van der Waals surface area contributed by atoms with Crippen LogP contribution in [0.2, 0.25) is 0 Å². The topological polar surface area (TPSA) is 49.7 Å². The summed E-state index contributed by atoms with van der Waals surface area (Å²) in [7, 11) is 0. The van der Waals surface area contributed by atoms with E-state index < -0.39 is 12.2 Å². The minimum atomic E-state index is -0.735. The SMILES string of the molecule is CC1O[C@@H](C)C(C)[C@@H](O)[C@@H]1O. The second kappa shape index (κ2) is 3.09. The highest BCUT2D eigenvalue weighted by molar-refractivity contribution is 4.86. The standard InChI is InChI=1S/C8H16O3/c1-4-5(2)11-6(3)8(10)7(4)9/h4-10H,1-3H3/t4?,5-,6?,7+,8+/m0/s1. The normalized spacial score (nSPS) is 52.6. The Morgan fingerprint density at radius 2 is 1.45 bits per heavy atom. The molecule has 1 rings (SSSR count). The lowest BCUT2D eigenvalue weighted by molar-refractivity contribution is -0.184. The van der Waals surface area contributed by atoms with Crippen LogP contribution in [0.1, 0.15) is 20.8 Å². The Hall–Kier alpha value is -0.120. The summed E-state index contributed by atoms with van der Waals surface area (Å²) in [6, 6.07) is 0. The highest BCUT2D eigenvalue weighted by atomic mass is 16.5. The van der Waals surface area contributed by atoms with Crippen LogP contribution in [0.3, 0.4) is 0 Å². The Morgan fingerprint density at radius 3 is 2.00 bits per heavy atom. The molecule has 11 heavy (non-hydrogen) atoms. The van der Waals surface area contributed by atoms with E-state index in [-0.39, 0.29) is 18.1 Å². The van der Waals surface area contributed by atoms with E-state index in [1.54, 1.807) is 6.92 Å². The lowest BCUT2D eigenvalue weighted by atomic mass is 9.89. The Morgan fingerprint density at radius 1 is 0.909 bits per heavy atom. The van der Waals surface area contributed by atoms with Crippen LogP contribution in [-0.2, 0) is 4.74 Å². The molecule has 0 radical (unpaired) electrons. The van der Waals surface area contributed by atoms with Crippen molar-refractivity contribution in [2.24, 2.45) is 5.92 Å². The average molecular weight is 160 g/mol. The van der Waals surface area contributed by atoms with Crippen molar-refractivity contribution in [2.75, 3.05) is 0 Å². The predicted molar refractivity (Wildman–Crippen MR) is 41.2 cm³/mol. The lowest BCUT2D eigenvalue weighted by Crippen LogP contribution is -2.51. The summed E-state index contributed by atoms with van der Waals surface area (Å²) in [4.78, 5) is 0. The number of rotatable bonds is 0. The van der Waals surface area contributed by atoms with Gasteiger partial charge in [-0.15, -0.1) is 0 Å². The summed E-state index contributed by atoms with van der Waals surface area (Å²) in [5.74, 6) is 0.0150. The minimum absolute atomic E-state index is 0.0150. The van der Waals surface area contributed by atoms with Crippen LogP contribution in [0.4, 0.5) is 0 Å².